The molecule has 0 saturated heterocycles. The number of halogens is 1. The highest BCUT2D eigenvalue weighted by molar-refractivity contribution is 5.91. The molecular formula is C23H21FN2O3. The van der Waals surface area contributed by atoms with Crippen molar-refractivity contribution in [2.45, 2.75) is 20.8 Å². The van der Waals surface area contributed by atoms with Crippen LogP contribution in [0.2, 0.25) is 0 Å². The Morgan fingerprint density at radius 1 is 0.828 bits per heavy atom. The van der Waals surface area contributed by atoms with Gasteiger partial charge in [0.2, 0.25) is 11.8 Å². The molecule has 3 rings (SSSR count). The molecule has 0 aromatic heterocycles. The predicted molar refractivity (Wildman–Crippen MR) is 112 cm³/mol. The lowest BCUT2D eigenvalue weighted by molar-refractivity contribution is -0.115. The van der Waals surface area contributed by atoms with Gasteiger partial charge in [-0.05, 0) is 47.9 Å². The van der Waals surface area contributed by atoms with Gasteiger partial charge in [-0.1, -0.05) is 30.3 Å². The molecule has 5 nitrogen and oxygen atoms in total. The number of hydrogen-bond donors (Lipinski definition) is 3. The highest BCUT2D eigenvalue weighted by Crippen LogP contribution is 2.39. The van der Waals surface area contributed by atoms with E-state index in [9.17, 15) is 19.1 Å². The maximum Gasteiger partial charge on any atom is 0.221 e. The summed E-state index contributed by atoms with van der Waals surface area (Å²) in [4.78, 5) is 22.4. The van der Waals surface area contributed by atoms with E-state index in [1.807, 2.05) is 13.0 Å². The van der Waals surface area contributed by atoms with Gasteiger partial charge in [-0.15, -0.1) is 0 Å². The van der Waals surface area contributed by atoms with Crippen molar-refractivity contribution in [2.24, 2.45) is 0 Å². The molecule has 0 unspecified atom stereocenters. The fourth-order valence-corrected chi connectivity index (χ4v) is 3.14. The molecule has 148 valence electrons. The number of phenols is 1. The van der Waals surface area contributed by atoms with Gasteiger partial charge in [-0.2, -0.15) is 0 Å². The van der Waals surface area contributed by atoms with E-state index >= 15 is 0 Å². The molecule has 0 heterocycles. The second kappa shape index (κ2) is 8.14. The van der Waals surface area contributed by atoms with Gasteiger partial charge in [0.15, 0.2) is 0 Å². The van der Waals surface area contributed by atoms with Gasteiger partial charge < -0.3 is 15.7 Å². The lowest BCUT2D eigenvalue weighted by Crippen LogP contribution is -2.07. The van der Waals surface area contributed by atoms with Gasteiger partial charge in [0.05, 0.1) is 5.69 Å². The number of amides is 2. The van der Waals surface area contributed by atoms with Crippen molar-refractivity contribution in [1.29, 1.82) is 0 Å². The molecule has 0 saturated carbocycles. The number of hydrogen-bond acceptors (Lipinski definition) is 3. The Morgan fingerprint density at radius 3 is 1.86 bits per heavy atom. The number of rotatable bonds is 4. The Balaban J connectivity index is 2.00. The number of carbonyl (C=O) groups is 2. The predicted octanol–water partition coefficient (Wildman–Crippen LogP) is 5.09. The number of para-hydroxylation sites is 1. The van der Waals surface area contributed by atoms with Crippen molar-refractivity contribution in [3.63, 3.8) is 0 Å². The van der Waals surface area contributed by atoms with Crippen LogP contribution < -0.4 is 10.6 Å². The minimum atomic E-state index is -0.585. The van der Waals surface area contributed by atoms with Crippen LogP contribution in [-0.2, 0) is 9.59 Å². The molecule has 0 aliphatic carbocycles. The lowest BCUT2D eigenvalue weighted by Gasteiger charge is -2.13. The number of phenolic OH excluding ortho intramolecular Hbond substituents is 1. The highest BCUT2D eigenvalue weighted by Gasteiger charge is 2.14. The lowest BCUT2D eigenvalue weighted by atomic mass is 9.96. The molecule has 0 aliphatic heterocycles. The van der Waals surface area contributed by atoms with E-state index in [0.29, 0.717) is 22.4 Å². The summed E-state index contributed by atoms with van der Waals surface area (Å²) >= 11 is 0. The first-order chi connectivity index (χ1) is 13.8. The number of anilines is 2. The number of nitrogens with one attached hydrogen (secondary N) is 2. The van der Waals surface area contributed by atoms with E-state index in [2.05, 4.69) is 10.6 Å². The average Bonchev–Trinajstić information content (AvgIpc) is 2.65. The van der Waals surface area contributed by atoms with E-state index in [0.717, 1.165) is 11.1 Å². The average molecular weight is 392 g/mol. The number of aryl methyl sites for hydroxylation is 1. The maximum atomic E-state index is 14.3. The summed E-state index contributed by atoms with van der Waals surface area (Å²) in [6, 6.07) is 15.1. The van der Waals surface area contributed by atoms with Crippen molar-refractivity contribution < 1.29 is 19.1 Å². The minimum Gasteiger partial charge on any atom is -0.507 e. The second-order valence-electron chi connectivity index (χ2n) is 6.79. The SMILES string of the molecule is CC(=O)Nc1ccc(-c2cccc(-c3ccc(NC(C)=O)c(F)c3)c2O)cc1C. The van der Waals surface area contributed by atoms with Crippen LogP contribution in [0.1, 0.15) is 19.4 Å². The van der Waals surface area contributed by atoms with Gasteiger partial charge in [0.1, 0.15) is 11.6 Å². The first-order valence-corrected chi connectivity index (χ1v) is 9.04. The van der Waals surface area contributed by atoms with Gasteiger partial charge in [-0.25, -0.2) is 4.39 Å². The Hall–Kier alpha value is -3.67. The van der Waals surface area contributed by atoms with Crippen molar-refractivity contribution in [1.82, 2.24) is 0 Å². The molecule has 3 aromatic carbocycles. The smallest absolute Gasteiger partial charge is 0.221 e. The molecule has 2 amide bonds. The van der Waals surface area contributed by atoms with Crippen molar-refractivity contribution >= 4 is 23.2 Å². The van der Waals surface area contributed by atoms with Crippen LogP contribution in [0.5, 0.6) is 5.75 Å². The summed E-state index contributed by atoms with van der Waals surface area (Å²) in [5.41, 5.74) is 3.96. The van der Waals surface area contributed by atoms with Gasteiger partial charge in [0.25, 0.3) is 0 Å². The molecule has 6 heteroatoms. The molecule has 0 spiro atoms. The summed E-state index contributed by atoms with van der Waals surface area (Å²) in [5, 5.41) is 16.0. The Labute approximate surface area is 168 Å². The summed E-state index contributed by atoms with van der Waals surface area (Å²) in [7, 11) is 0. The standard InChI is InChI=1S/C23H21FN2O3/c1-13-11-16(7-9-21(13)25-14(2)27)18-5-4-6-19(23(18)29)17-8-10-22(20(24)12-17)26-15(3)28/h4-12,29H,1-3H3,(H,25,27)(H,26,28). The van der Waals surface area contributed by atoms with Crippen molar-refractivity contribution in [3.8, 4) is 28.0 Å². The van der Waals surface area contributed by atoms with Crippen LogP contribution in [0, 0.1) is 12.7 Å². The Kier molecular flexibility index (Phi) is 5.64. The summed E-state index contributed by atoms with van der Waals surface area (Å²) in [6.45, 7) is 4.62. The molecule has 3 aromatic rings. The number of carbonyl (C=O) groups excluding carboxylic acids is 2. The van der Waals surface area contributed by atoms with E-state index in [4.69, 9.17) is 0 Å². The Morgan fingerprint density at radius 2 is 1.34 bits per heavy atom. The monoisotopic (exact) mass is 392 g/mol. The molecular weight excluding hydrogens is 371 g/mol. The maximum absolute atomic E-state index is 14.3. The van der Waals surface area contributed by atoms with Gasteiger partial charge in [-0.3, -0.25) is 9.59 Å². The van der Waals surface area contributed by atoms with Crippen LogP contribution in [0.4, 0.5) is 15.8 Å². The van der Waals surface area contributed by atoms with Crippen molar-refractivity contribution in [2.75, 3.05) is 10.6 Å². The minimum absolute atomic E-state index is 0.0193. The largest absolute Gasteiger partial charge is 0.507 e. The first kappa shape index (κ1) is 20.1. The topological polar surface area (TPSA) is 78.4 Å². The van der Waals surface area contributed by atoms with Crippen LogP contribution in [-0.4, -0.2) is 16.9 Å². The highest BCUT2D eigenvalue weighted by atomic mass is 19.1. The van der Waals surface area contributed by atoms with E-state index in [1.54, 1.807) is 36.4 Å². The summed E-state index contributed by atoms with van der Waals surface area (Å²) in [6.07, 6.45) is 0. The summed E-state index contributed by atoms with van der Waals surface area (Å²) in [5.74, 6) is -1.08. The zero-order valence-electron chi connectivity index (χ0n) is 16.3. The van der Waals surface area contributed by atoms with Crippen LogP contribution >= 0.6 is 0 Å². The zero-order chi connectivity index (χ0) is 21.1. The third-order valence-corrected chi connectivity index (χ3v) is 4.47. The van der Waals surface area contributed by atoms with Gasteiger partial charge >= 0.3 is 0 Å². The van der Waals surface area contributed by atoms with E-state index < -0.39 is 5.82 Å². The molecule has 0 atom stereocenters. The van der Waals surface area contributed by atoms with E-state index in [-0.39, 0.29) is 23.3 Å². The zero-order valence-corrected chi connectivity index (χ0v) is 16.3. The number of aromatic hydroxyl groups is 1. The fourth-order valence-electron chi connectivity index (χ4n) is 3.14. The fraction of sp³-hybridized carbons (Fsp3) is 0.130. The molecule has 0 fully saturated rings. The molecule has 0 aliphatic rings. The number of benzene rings is 3. The molecule has 29 heavy (non-hydrogen) atoms. The van der Waals surface area contributed by atoms with Crippen LogP contribution in [0.15, 0.2) is 54.6 Å². The van der Waals surface area contributed by atoms with Gasteiger partial charge in [0, 0.05) is 30.7 Å². The van der Waals surface area contributed by atoms with Crippen LogP contribution in [0.3, 0.4) is 0 Å². The normalized spacial score (nSPS) is 10.5. The third-order valence-electron chi connectivity index (χ3n) is 4.47. The Bertz CT molecular complexity index is 1030. The first-order valence-electron chi connectivity index (χ1n) is 9.04. The van der Waals surface area contributed by atoms with E-state index in [1.165, 1.54) is 26.0 Å². The summed E-state index contributed by atoms with van der Waals surface area (Å²) < 4.78 is 14.3. The third kappa shape index (κ3) is 4.43. The van der Waals surface area contributed by atoms with Crippen molar-refractivity contribution in [3.05, 3.63) is 66.0 Å². The second-order valence-corrected chi connectivity index (χ2v) is 6.79. The molecule has 0 radical (unpaired) electrons. The molecule has 0 bridgehead atoms. The molecule has 3 N–H and O–H groups in total. The van der Waals surface area contributed by atoms with Crippen LogP contribution in [0.25, 0.3) is 22.3 Å². The quantitative estimate of drug-likeness (QED) is 0.579.